The largest absolute Gasteiger partial charge is 0.406 e. The van der Waals surface area contributed by atoms with Gasteiger partial charge in [-0.1, -0.05) is 41.0 Å². The first-order valence-electron chi connectivity index (χ1n) is 10.9. The molecular formula is C23H27ClN6O2S. The van der Waals surface area contributed by atoms with E-state index in [1.807, 2.05) is 36.4 Å². The maximum Gasteiger partial charge on any atom is 0.312 e. The van der Waals surface area contributed by atoms with Gasteiger partial charge in [0.15, 0.2) is 0 Å². The number of nitrogens with zero attached hydrogens (tertiary/aromatic N) is 3. The molecule has 0 aliphatic carbocycles. The standard InChI is InChI=1S/C23H27ClN6O2S/c24-19-3-1-2-4-20(19)33-15-22(31)30(14-21-28-29-23(25)32-21)13-16-5-7-17(8-6-16)27-18-9-11-26-12-10-18/h1-8,18,26-27H,9-15H2,(H2,25,29). The second-order valence-electron chi connectivity index (χ2n) is 7.87. The Hall–Kier alpha value is -2.75. The number of aromatic nitrogens is 2. The quantitative estimate of drug-likeness (QED) is 0.392. The fourth-order valence-corrected chi connectivity index (χ4v) is 4.79. The van der Waals surface area contributed by atoms with E-state index in [2.05, 4.69) is 33.0 Å². The average Bonchev–Trinajstić information content (AvgIpc) is 3.24. The number of piperidine rings is 1. The van der Waals surface area contributed by atoms with Crippen molar-refractivity contribution >= 4 is 41.0 Å². The van der Waals surface area contributed by atoms with Crippen LogP contribution in [0.3, 0.4) is 0 Å². The zero-order chi connectivity index (χ0) is 23.0. The minimum absolute atomic E-state index is 0.0174. The van der Waals surface area contributed by atoms with Crippen molar-refractivity contribution in [2.75, 3.05) is 29.9 Å². The van der Waals surface area contributed by atoms with Crippen LogP contribution in [0.4, 0.5) is 11.7 Å². The van der Waals surface area contributed by atoms with E-state index < -0.39 is 0 Å². The number of benzene rings is 2. The third-order valence-electron chi connectivity index (χ3n) is 5.39. The molecule has 1 amide bonds. The molecule has 0 radical (unpaired) electrons. The Morgan fingerprint density at radius 3 is 2.61 bits per heavy atom. The molecule has 174 valence electrons. The molecule has 1 saturated heterocycles. The molecule has 0 bridgehead atoms. The summed E-state index contributed by atoms with van der Waals surface area (Å²) in [6.07, 6.45) is 2.22. The summed E-state index contributed by atoms with van der Waals surface area (Å²) >= 11 is 7.63. The van der Waals surface area contributed by atoms with E-state index in [0.29, 0.717) is 23.5 Å². The van der Waals surface area contributed by atoms with E-state index in [1.165, 1.54) is 11.8 Å². The van der Waals surface area contributed by atoms with Gasteiger partial charge in [0.2, 0.25) is 11.8 Å². The minimum Gasteiger partial charge on any atom is -0.406 e. The van der Waals surface area contributed by atoms with Gasteiger partial charge < -0.3 is 25.7 Å². The summed E-state index contributed by atoms with van der Waals surface area (Å²) in [6.45, 7) is 2.68. The Kier molecular flexibility index (Phi) is 8.09. The van der Waals surface area contributed by atoms with Gasteiger partial charge in [-0.2, -0.15) is 0 Å². The highest BCUT2D eigenvalue weighted by molar-refractivity contribution is 8.00. The van der Waals surface area contributed by atoms with E-state index in [1.54, 1.807) is 4.90 Å². The molecule has 0 atom stereocenters. The van der Waals surface area contributed by atoms with E-state index >= 15 is 0 Å². The monoisotopic (exact) mass is 486 g/mol. The van der Waals surface area contributed by atoms with Gasteiger partial charge in [-0.15, -0.1) is 16.9 Å². The van der Waals surface area contributed by atoms with Crippen LogP contribution in [-0.4, -0.2) is 45.9 Å². The maximum atomic E-state index is 13.1. The fourth-order valence-electron chi connectivity index (χ4n) is 3.65. The zero-order valence-corrected chi connectivity index (χ0v) is 19.7. The third-order valence-corrected chi connectivity index (χ3v) is 6.89. The number of halogens is 1. The molecule has 4 rings (SSSR count). The predicted molar refractivity (Wildman–Crippen MR) is 131 cm³/mol. The van der Waals surface area contributed by atoms with Crippen LogP contribution in [-0.2, 0) is 17.9 Å². The molecule has 2 heterocycles. The number of hydrogen-bond acceptors (Lipinski definition) is 8. The van der Waals surface area contributed by atoms with Crippen LogP contribution in [0.1, 0.15) is 24.3 Å². The number of anilines is 2. The summed E-state index contributed by atoms with van der Waals surface area (Å²) in [4.78, 5) is 15.6. The van der Waals surface area contributed by atoms with Gasteiger partial charge in [-0.3, -0.25) is 4.79 Å². The molecule has 1 aromatic heterocycles. The molecule has 0 spiro atoms. The number of thioether (sulfide) groups is 1. The first kappa shape index (κ1) is 23.4. The van der Waals surface area contributed by atoms with E-state index in [-0.39, 0.29) is 24.2 Å². The Balaban J connectivity index is 1.41. The normalized spacial score (nSPS) is 14.2. The van der Waals surface area contributed by atoms with Crippen molar-refractivity contribution in [1.82, 2.24) is 20.4 Å². The number of carbonyl (C=O) groups is 1. The summed E-state index contributed by atoms with van der Waals surface area (Å²) in [5.41, 5.74) is 7.65. The smallest absolute Gasteiger partial charge is 0.312 e. The lowest BCUT2D eigenvalue weighted by Crippen LogP contribution is -2.35. The summed E-state index contributed by atoms with van der Waals surface area (Å²) < 4.78 is 5.31. The average molecular weight is 487 g/mol. The molecule has 10 heteroatoms. The molecule has 8 nitrogen and oxygen atoms in total. The second kappa shape index (κ2) is 11.4. The van der Waals surface area contributed by atoms with E-state index in [4.69, 9.17) is 21.8 Å². The topological polar surface area (TPSA) is 109 Å². The number of carbonyl (C=O) groups excluding carboxylic acids is 1. The Morgan fingerprint density at radius 2 is 1.91 bits per heavy atom. The summed E-state index contributed by atoms with van der Waals surface area (Å²) in [7, 11) is 0. The van der Waals surface area contributed by atoms with Gasteiger partial charge in [-0.25, -0.2) is 0 Å². The van der Waals surface area contributed by atoms with Crippen LogP contribution >= 0.6 is 23.4 Å². The lowest BCUT2D eigenvalue weighted by molar-refractivity contribution is -0.129. The lowest BCUT2D eigenvalue weighted by atomic mass is 10.1. The van der Waals surface area contributed by atoms with Crippen molar-refractivity contribution in [2.24, 2.45) is 0 Å². The molecule has 33 heavy (non-hydrogen) atoms. The SMILES string of the molecule is Nc1nnc(CN(Cc2ccc(NC3CCNCC3)cc2)C(=O)CSc2ccccc2Cl)o1. The Morgan fingerprint density at radius 1 is 1.15 bits per heavy atom. The van der Waals surface area contributed by atoms with Crippen LogP contribution in [0.15, 0.2) is 57.8 Å². The van der Waals surface area contributed by atoms with Gasteiger partial charge in [0.1, 0.15) is 0 Å². The van der Waals surface area contributed by atoms with E-state index in [9.17, 15) is 4.79 Å². The number of nitrogen functional groups attached to an aromatic ring is 1. The molecule has 1 aliphatic heterocycles. The lowest BCUT2D eigenvalue weighted by Gasteiger charge is -2.25. The van der Waals surface area contributed by atoms with E-state index in [0.717, 1.165) is 42.1 Å². The molecule has 0 saturated carbocycles. The van der Waals surface area contributed by atoms with Crippen molar-refractivity contribution in [3.63, 3.8) is 0 Å². The third kappa shape index (κ3) is 6.86. The summed E-state index contributed by atoms with van der Waals surface area (Å²) in [5, 5.41) is 15.2. The number of amides is 1. The fraction of sp³-hybridized carbons (Fsp3) is 0.348. The Labute approximate surface area is 202 Å². The van der Waals surface area contributed by atoms with Gasteiger partial charge >= 0.3 is 6.01 Å². The first-order chi connectivity index (χ1) is 16.1. The Bertz CT molecular complexity index is 1060. The first-order valence-corrected chi connectivity index (χ1v) is 12.2. The van der Waals surface area contributed by atoms with Crippen LogP contribution < -0.4 is 16.4 Å². The van der Waals surface area contributed by atoms with Crippen molar-refractivity contribution in [1.29, 1.82) is 0 Å². The minimum atomic E-state index is -0.0615. The van der Waals surface area contributed by atoms with Crippen LogP contribution in [0.25, 0.3) is 0 Å². The van der Waals surface area contributed by atoms with Crippen molar-refractivity contribution in [3.8, 4) is 0 Å². The molecular weight excluding hydrogens is 460 g/mol. The maximum absolute atomic E-state index is 13.1. The van der Waals surface area contributed by atoms with Crippen LogP contribution in [0, 0.1) is 0 Å². The molecule has 3 aromatic rings. The van der Waals surface area contributed by atoms with Crippen LogP contribution in [0.5, 0.6) is 0 Å². The van der Waals surface area contributed by atoms with Gasteiger partial charge in [-0.05, 0) is 55.8 Å². The summed E-state index contributed by atoms with van der Waals surface area (Å²) in [6, 6.07) is 16.1. The van der Waals surface area contributed by atoms with Gasteiger partial charge in [0.05, 0.1) is 17.3 Å². The number of hydrogen-bond donors (Lipinski definition) is 3. The number of nitrogens with one attached hydrogen (secondary N) is 2. The highest BCUT2D eigenvalue weighted by atomic mass is 35.5. The molecule has 0 unspecified atom stereocenters. The van der Waals surface area contributed by atoms with Crippen molar-refractivity contribution < 1.29 is 9.21 Å². The van der Waals surface area contributed by atoms with Crippen molar-refractivity contribution in [3.05, 3.63) is 65.0 Å². The van der Waals surface area contributed by atoms with Gasteiger partial charge in [0, 0.05) is 23.2 Å². The predicted octanol–water partition coefficient (Wildman–Crippen LogP) is 3.79. The number of nitrogens with two attached hydrogens (primary N) is 1. The van der Waals surface area contributed by atoms with Crippen molar-refractivity contribution in [2.45, 2.75) is 36.9 Å². The molecule has 1 aliphatic rings. The van der Waals surface area contributed by atoms with Gasteiger partial charge in [0.25, 0.3) is 0 Å². The highest BCUT2D eigenvalue weighted by Gasteiger charge is 2.19. The zero-order valence-electron chi connectivity index (χ0n) is 18.2. The second-order valence-corrected chi connectivity index (χ2v) is 9.29. The molecule has 1 fully saturated rings. The van der Waals surface area contributed by atoms with Crippen LogP contribution in [0.2, 0.25) is 5.02 Å². The molecule has 2 aromatic carbocycles. The molecule has 4 N–H and O–H groups in total. The highest BCUT2D eigenvalue weighted by Crippen LogP contribution is 2.27. The number of rotatable bonds is 9. The summed E-state index contributed by atoms with van der Waals surface area (Å²) in [5.74, 6) is 0.476.